The zero-order valence-electron chi connectivity index (χ0n) is 16.6. The number of fused-ring (bicyclic) bond motifs is 5. The summed E-state index contributed by atoms with van der Waals surface area (Å²) in [5, 5.41) is 3.81. The van der Waals surface area contributed by atoms with Gasteiger partial charge < -0.3 is 4.90 Å². The van der Waals surface area contributed by atoms with Gasteiger partial charge in [0, 0.05) is 33.7 Å². The van der Waals surface area contributed by atoms with Crippen LogP contribution in [0.5, 0.6) is 0 Å². The molecule has 5 aromatic rings. The van der Waals surface area contributed by atoms with Crippen molar-refractivity contribution in [3.63, 3.8) is 0 Å². The molecule has 0 saturated carbocycles. The lowest BCUT2D eigenvalue weighted by atomic mass is 9.91. The molecule has 0 saturated heterocycles. The molecule has 1 aliphatic carbocycles. The molecule has 2 heterocycles. The third kappa shape index (κ3) is 2.35. The number of benzene rings is 4. The van der Waals surface area contributed by atoms with Crippen LogP contribution in [0.2, 0.25) is 0 Å². The number of anilines is 2. The number of hydrogen-bond acceptors (Lipinski definition) is 2. The fourth-order valence-corrected chi connectivity index (χ4v) is 5.59. The molecular formula is C28H17BrN2. The van der Waals surface area contributed by atoms with Gasteiger partial charge in [-0.2, -0.15) is 0 Å². The zero-order chi connectivity index (χ0) is 20.5. The topological polar surface area (TPSA) is 16.1 Å². The van der Waals surface area contributed by atoms with Crippen LogP contribution in [-0.2, 0) is 6.42 Å². The Bertz CT molecular complexity index is 1560. The minimum atomic E-state index is 0.912. The Hall–Kier alpha value is -3.43. The third-order valence-electron chi connectivity index (χ3n) is 6.48. The first-order valence-corrected chi connectivity index (χ1v) is 11.3. The smallest absolute Gasteiger partial charge is 0.0946 e. The largest absolute Gasteiger partial charge is 0.307 e. The van der Waals surface area contributed by atoms with Gasteiger partial charge in [-0.1, -0.05) is 66.7 Å². The Morgan fingerprint density at radius 1 is 0.774 bits per heavy atom. The number of nitrogens with zero attached hydrogens (tertiary/aromatic N) is 2. The second-order valence-electron chi connectivity index (χ2n) is 8.18. The fourth-order valence-electron chi connectivity index (χ4n) is 5.25. The predicted molar refractivity (Wildman–Crippen MR) is 132 cm³/mol. The van der Waals surface area contributed by atoms with Crippen molar-refractivity contribution in [1.29, 1.82) is 0 Å². The molecule has 0 spiro atoms. The van der Waals surface area contributed by atoms with E-state index in [1.165, 1.54) is 44.4 Å². The molecule has 0 atom stereocenters. The molecule has 146 valence electrons. The SMILES string of the molecule is Brc1cnc2c3c(ccc2c1)CC1=C(c2cccc4cccc1c24)N3c1ccccc1. The van der Waals surface area contributed by atoms with Gasteiger partial charge in [-0.25, -0.2) is 0 Å². The van der Waals surface area contributed by atoms with Crippen LogP contribution in [0.15, 0.2) is 95.6 Å². The highest BCUT2D eigenvalue weighted by atomic mass is 79.9. The van der Waals surface area contributed by atoms with Crippen LogP contribution in [0.1, 0.15) is 16.7 Å². The molecule has 2 aliphatic rings. The molecule has 1 aromatic heterocycles. The first-order valence-electron chi connectivity index (χ1n) is 10.5. The van der Waals surface area contributed by atoms with Gasteiger partial charge >= 0.3 is 0 Å². The fraction of sp³-hybridized carbons (Fsp3) is 0.0357. The van der Waals surface area contributed by atoms with E-state index >= 15 is 0 Å². The molecule has 0 bridgehead atoms. The van der Waals surface area contributed by atoms with Crippen molar-refractivity contribution in [3.8, 4) is 0 Å². The lowest BCUT2D eigenvalue weighted by Crippen LogP contribution is -2.21. The summed E-state index contributed by atoms with van der Waals surface area (Å²) in [5.74, 6) is 0. The average Bonchev–Trinajstić information content (AvgIpc) is 3.13. The summed E-state index contributed by atoms with van der Waals surface area (Å²) in [6.07, 6.45) is 2.81. The summed E-state index contributed by atoms with van der Waals surface area (Å²) >= 11 is 3.59. The van der Waals surface area contributed by atoms with Crippen molar-refractivity contribution in [3.05, 3.63) is 112 Å². The summed E-state index contributed by atoms with van der Waals surface area (Å²) in [6.45, 7) is 0. The Balaban J connectivity index is 1.61. The summed E-state index contributed by atoms with van der Waals surface area (Å²) in [4.78, 5) is 7.31. The Kier molecular flexibility index (Phi) is 3.50. The van der Waals surface area contributed by atoms with Gasteiger partial charge in [0.2, 0.25) is 0 Å². The molecule has 0 N–H and O–H groups in total. The Morgan fingerprint density at radius 2 is 1.58 bits per heavy atom. The van der Waals surface area contributed by atoms with Crippen molar-refractivity contribution < 1.29 is 0 Å². The van der Waals surface area contributed by atoms with E-state index in [2.05, 4.69) is 106 Å². The van der Waals surface area contributed by atoms with Crippen LogP contribution in [0.25, 0.3) is 32.9 Å². The van der Waals surface area contributed by atoms with E-state index in [-0.39, 0.29) is 0 Å². The number of para-hydroxylation sites is 1. The Morgan fingerprint density at radius 3 is 2.42 bits per heavy atom. The van der Waals surface area contributed by atoms with Crippen LogP contribution < -0.4 is 4.90 Å². The predicted octanol–water partition coefficient (Wildman–Crippen LogP) is 7.73. The van der Waals surface area contributed by atoms with Crippen LogP contribution in [0.4, 0.5) is 11.4 Å². The van der Waals surface area contributed by atoms with E-state index in [1.807, 2.05) is 6.20 Å². The molecule has 0 amide bonds. The maximum Gasteiger partial charge on any atom is 0.0946 e. The molecule has 2 nitrogen and oxygen atoms in total. The summed E-state index contributed by atoms with van der Waals surface area (Å²) in [6, 6.07) is 30.6. The standard InChI is InChI=1S/C28H17BrN2/c29-20-14-18-12-13-19-15-24-22-10-4-6-17-7-5-11-23(25(17)22)28(24)31(21-8-2-1-3-9-21)27(19)26(18)30-16-20/h1-14,16H,15H2. The number of pyridine rings is 1. The van der Waals surface area contributed by atoms with E-state index in [0.717, 1.165) is 27.5 Å². The molecule has 7 rings (SSSR count). The average molecular weight is 461 g/mol. The van der Waals surface area contributed by atoms with Gasteiger partial charge in [0.25, 0.3) is 0 Å². The normalized spacial score (nSPS) is 14.3. The summed E-state index contributed by atoms with van der Waals surface area (Å²) in [5.41, 5.74) is 10.1. The maximum atomic E-state index is 4.87. The lowest BCUT2D eigenvalue weighted by Gasteiger charge is -2.34. The highest BCUT2D eigenvalue weighted by Gasteiger charge is 2.35. The van der Waals surface area contributed by atoms with Crippen molar-refractivity contribution in [2.45, 2.75) is 6.42 Å². The lowest BCUT2D eigenvalue weighted by molar-refractivity contribution is 1.18. The number of allylic oxidation sites excluding steroid dienone is 1. The third-order valence-corrected chi connectivity index (χ3v) is 6.91. The molecular weight excluding hydrogens is 444 g/mol. The van der Waals surface area contributed by atoms with Crippen LogP contribution >= 0.6 is 15.9 Å². The molecule has 1 aliphatic heterocycles. The van der Waals surface area contributed by atoms with E-state index in [4.69, 9.17) is 4.98 Å². The number of aromatic nitrogens is 1. The van der Waals surface area contributed by atoms with Gasteiger partial charge in [-0.3, -0.25) is 4.98 Å². The number of halogens is 1. The van der Waals surface area contributed by atoms with E-state index in [0.29, 0.717) is 0 Å². The van der Waals surface area contributed by atoms with Crippen LogP contribution in [-0.4, -0.2) is 4.98 Å². The molecule has 0 radical (unpaired) electrons. The van der Waals surface area contributed by atoms with Gasteiger partial charge in [0.1, 0.15) is 0 Å². The Labute approximate surface area is 188 Å². The molecule has 4 aromatic carbocycles. The van der Waals surface area contributed by atoms with E-state index < -0.39 is 0 Å². The van der Waals surface area contributed by atoms with E-state index in [1.54, 1.807) is 0 Å². The van der Waals surface area contributed by atoms with Gasteiger partial charge in [0.05, 0.1) is 16.9 Å². The number of rotatable bonds is 1. The minimum Gasteiger partial charge on any atom is -0.307 e. The minimum absolute atomic E-state index is 0.912. The highest BCUT2D eigenvalue weighted by molar-refractivity contribution is 9.10. The van der Waals surface area contributed by atoms with Gasteiger partial charge in [-0.15, -0.1) is 0 Å². The van der Waals surface area contributed by atoms with Crippen molar-refractivity contribution >= 4 is 60.3 Å². The highest BCUT2D eigenvalue weighted by Crippen LogP contribution is 2.53. The molecule has 0 unspecified atom stereocenters. The van der Waals surface area contributed by atoms with Crippen LogP contribution in [0.3, 0.4) is 0 Å². The second kappa shape index (κ2) is 6.29. The van der Waals surface area contributed by atoms with Crippen LogP contribution in [0, 0.1) is 0 Å². The van der Waals surface area contributed by atoms with Crippen molar-refractivity contribution in [1.82, 2.24) is 4.98 Å². The summed E-state index contributed by atoms with van der Waals surface area (Å²) < 4.78 is 1.000. The molecule has 0 fully saturated rings. The maximum absolute atomic E-state index is 4.87. The summed E-state index contributed by atoms with van der Waals surface area (Å²) in [7, 11) is 0. The molecule has 31 heavy (non-hydrogen) atoms. The number of hydrogen-bond donors (Lipinski definition) is 0. The van der Waals surface area contributed by atoms with E-state index in [9.17, 15) is 0 Å². The second-order valence-corrected chi connectivity index (χ2v) is 9.10. The van der Waals surface area contributed by atoms with Gasteiger partial charge in [-0.05, 0) is 61.6 Å². The monoisotopic (exact) mass is 460 g/mol. The van der Waals surface area contributed by atoms with Crippen molar-refractivity contribution in [2.75, 3.05) is 4.90 Å². The van der Waals surface area contributed by atoms with Crippen molar-refractivity contribution in [2.24, 2.45) is 0 Å². The molecule has 3 heteroatoms. The first kappa shape index (κ1) is 17.3. The quantitative estimate of drug-likeness (QED) is 0.254. The zero-order valence-corrected chi connectivity index (χ0v) is 18.2. The first-order chi connectivity index (χ1) is 15.3. The van der Waals surface area contributed by atoms with Gasteiger partial charge in [0.15, 0.2) is 0 Å².